The molecule has 3 rings (SSSR count). The Morgan fingerprint density at radius 2 is 1.45 bits per heavy atom. The minimum atomic E-state index is -4.08. The van der Waals surface area contributed by atoms with Crippen LogP contribution in [0.15, 0.2) is 77.7 Å². The monoisotopic (exact) mass is 412 g/mol. The zero-order valence-electron chi connectivity index (χ0n) is 14.9. The lowest BCUT2D eigenvalue weighted by Gasteiger charge is -2.07. The molecule has 3 aromatic carbocycles. The molecular formula is C21H16O7S. The summed E-state index contributed by atoms with van der Waals surface area (Å²) in [6, 6.07) is 14.4. The fourth-order valence-electron chi connectivity index (χ4n) is 2.40. The number of hydrogen-bond acceptors (Lipinski definition) is 7. The van der Waals surface area contributed by atoms with E-state index in [1.54, 1.807) is 0 Å². The lowest BCUT2D eigenvalue weighted by molar-refractivity contribution is 0.104. The van der Waals surface area contributed by atoms with E-state index in [-0.39, 0.29) is 39.2 Å². The van der Waals surface area contributed by atoms with Gasteiger partial charge in [-0.25, -0.2) is 0 Å². The molecule has 0 spiro atoms. The average Bonchev–Trinajstić information content (AvgIpc) is 2.68. The number of allylic oxidation sites excluding steroid dienone is 1. The molecule has 0 aliphatic carbocycles. The van der Waals surface area contributed by atoms with Crippen LogP contribution in [0.4, 0.5) is 0 Å². The van der Waals surface area contributed by atoms with Crippen LogP contribution in [-0.4, -0.2) is 29.5 Å². The highest BCUT2D eigenvalue weighted by atomic mass is 32.2. The van der Waals surface area contributed by atoms with Crippen LogP contribution in [0.25, 0.3) is 6.08 Å². The summed E-state index contributed by atoms with van der Waals surface area (Å²) in [6.45, 7) is 0. The summed E-state index contributed by atoms with van der Waals surface area (Å²) < 4.78 is 29.5. The Kier molecular flexibility index (Phi) is 5.56. The molecule has 0 fully saturated rings. The molecule has 7 nitrogen and oxygen atoms in total. The lowest BCUT2D eigenvalue weighted by atomic mass is 10.1. The molecule has 0 bridgehead atoms. The van der Waals surface area contributed by atoms with Gasteiger partial charge in [-0.3, -0.25) is 4.79 Å². The van der Waals surface area contributed by atoms with Crippen LogP contribution in [-0.2, 0) is 10.1 Å². The standard InChI is InChI=1S/C21H16O7S/c22-16-6-10-19(11-7-16)29(26,27)28-18-8-2-14(3-9-18)20(24)12-4-15-1-5-17(23)13-21(15)25/h1-13,22-23,25H/b12-4+. The predicted octanol–water partition coefficient (Wildman–Crippen LogP) is 3.47. The van der Waals surface area contributed by atoms with E-state index in [0.29, 0.717) is 5.56 Å². The highest BCUT2D eigenvalue weighted by Gasteiger charge is 2.16. The number of carbonyl (C=O) groups is 1. The number of rotatable bonds is 6. The maximum absolute atomic E-state index is 12.2. The molecule has 29 heavy (non-hydrogen) atoms. The summed E-state index contributed by atoms with van der Waals surface area (Å²) in [7, 11) is -4.08. The lowest BCUT2D eigenvalue weighted by Crippen LogP contribution is -2.09. The Morgan fingerprint density at radius 1 is 0.828 bits per heavy atom. The predicted molar refractivity (Wildman–Crippen MR) is 105 cm³/mol. The fraction of sp³-hybridized carbons (Fsp3) is 0. The van der Waals surface area contributed by atoms with Gasteiger partial charge in [0, 0.05) is 17.2 Å². The molecule has 0 saturated heterocycles. The van der Waals surface area contributed by atoms with Gasteiger partial charge in [-0.1, -0.05) is 0 Å². The van der Waals surface area contributed by atoms with Crippen LogP contribution >= 0.6 is 0 Å². The number of aromatic hydroxyl groups is 3. The molecule has 0 atom stereocenters. The van der Waals surface area contributed by atoms with Crippen molar-refractivity contribution in [1.29, 1.82) is 0 Å². The number of hydrogen-bond donors (Lipinski definition) is 3. The summed E-state index contributed by atoms with van der Waals surface area (Å²) in [5.74, 6) is -0.679. The molecule has 0 unspecified atom stereocenters. The molecular weight excluding hydrogens is 396 g/mol. The first-order chi connectivity index (χ1) is 13.7. The Balaban J connectivity index is 1.71. The van der Waals surface area contributed by atoms with Crippen molar-refractivity contribution in [2.24, 2.45) is 0 Å². The number of phenolic OH excluding ortho intramolecular Hbond substituents is 3. The van der Waals surface area contributed by atoms with Crippen molar-refractivity contribution in [1.82, 2.24) is 0 Å². The summed E-state index contributed by atoms with van der Waals surface area (Å²) in [5, 5.41) is 28.2. The van der Waals surface area contributed by atoms with Gasteiger partial charge in [0.25, 0.3) is 0 Å². The molecule has 0 aliphatic rings. The van der Waals surface area contributed by atoms with Crippen molar-refractivity contribution in [2.45, 2.75) is 4.90 Å². The van der Waals surface area contributed by atoms with Gasteiger partial charge in [0.15, 0.2) is 5.78 Å². The van der Waals surface area contributed by atoms with Gasteiger partial charge in [-0.2, -0.15) is 8.42 Å². The number of phenols is 3. The summed E-state index contributed by atoms with van der Waals surface area (Å²) >= 11 is 0. The first-order valence-electron chi connectivity index (χ1n) is 8.32. The highest BCUT2D eigenvalue weighted by Crippen LogP contribution is 2.24. The zero-order valence-corrected chi connectivity index (χ0v) is 15.7. The third-order valence-electron chi connectivity index (χ3n) is 3.90. The van der Waals surface area contributed by atoms with Gasteiger partial charge in [0.05, 0.1) is 0 Å². The molecule has 0 heterocycles. The maximum atomic E-state index is 12.2. The van der Waals surface area contributed by atoms with Crippen LogP contribution < -0.4 is 4.18 Å². The van der Waals surface area contributed by atoms with Crippen LogP contribution in [0.5, 0.6) is 23.0 Å². The van der Waals surface area contributed by atoms with Crippen molar-refractivity contribution < 1.29 is 32.7 Å². The van der Waals surface area contributed by atoms with Gasteiger partial charge in [0.1, 0.15) is 27.9 Å². The number of ketones is 1. The van der Waals surface area contributed by atoms with Crippen molar-refractivity contribution in [2.75, 3.05) is 0 Å². The van der Waals surface area contributed by atoms with E-state index in [1.165, 1.54) is 72.8 Å². The SMILES string of the molecule is O=C(/C=C/c1ccc(O)cc1O)c1ccc(OS(=O)(=O)c2ccc(O)cc2)cc1. The van der Waals surface area contributed by atoms with Crippen LogP contribution in [0.2, 0.25) is 0 Å². The van der Waals surface area contributed by atoms with Gasteiger partial charge < -0.3 is 19.5 Å². The Labute approximate surface area is 166 Å². The average molecular weight is 412 g/mol. The van der Waals surface area contributed by atoms with Crippen molar-refractivity contribution in [3.63, 3.8) is 0 Å². The summed E-state index contributed by atoms with van der Waals surface area (Å²) in [4.78, 5) is 12.1. The quantitative estimate of drug-likeness (QED) is 0.322. The normalized spacial score (nSPS) is 11.4. The molecule has 3 N–H and O–H groups in total. The van der Waals surface area contributed by atoms with Crippen LogP contribution in [0.3, 0.4) is 0 Å². The third kappa shape index (κ3) is 4.94. The minimum absolute atomic E-state index is 0.0229. The van der Waals surface area contributed by atoms with Crippen LogP contribution in [0, 0.1) is 0 Å². The Morgan fingerprint density at radius 3 is 2.07 bits per heavy atom. The maximum Gasteiger partial charge on any atom is 0.339 e. The summed E-state index contributed by atoms with van der Waals surface area (Å²) in [6.07, 6.45) is 2.64. The second kappa shape index (κ2) is 8.07. The first kappa shape index (κ1) is 20.0. The molecule has 3 aromatic rings. The molecule has 0 aromatic heterocycles. The zero-order chi connectivity index (χ0) is 21.0. The van der Waals surface area contributed by atoms with E-state index in [0.717, 1.165) is 6.07 Å². The summed E-state index contributed by atoms with van der Waals surface area (Å²) in [5.41, 5.74) is 0.644. The van der Waals surface area contributed by atoms with Gasteiger partial charge in [-0.05, 0) is 72.8 Å². The van der Waals surface area contributed by atoms with E-state index in [9.17, 15) is 28.5 Å². The highest BCUT2D eigenvalue weighted by molar-refractivity contribution is 7.87. The van der Waals surface area contributed by atoms with Crippen molar-refractivity contribution >= 4 is 22.0 Å². The van der Waals surface area contributed by atoms with E-state index in [1.807, 2.05) is 0 Å². The number of carbonyl (C=O) groups excluding carboxylic acids is 1. The minimum Gasteiger partial charge on any atom is -0.508 e. The Bertz CT molecular complexity index is 1160. The topological polar surface area (TPSA) is 121 Å². The van der Waals surface area contributed by atoms with Gasteiger partial charge in [0.2, 0.25) is 0 Å². The molecule has 0 amide bonds. The molecule has 0 aliphatic heterocycles. The molecule has 0 saturated carbocycles. The molecule has 8 heteroatoms. The van der Waals surface area contributed by atoms with Crippen molar-refractivity contribution in [3.05, 3.63) is 83.9 Å². The second-order valence-electron chi connectivity index (χ2n) is 6.00. The van der Waals surface area contributed by atoms with Gasteiger partial charge in [-0.15, -0.1) is 0 Å². The van der Waals surface area contributed by atoms with E-state index < -0.39 is 10.1 Å². The first-order valence-corrected chi connectivity index (χ1v) is 9.73. The van der Waals surface area contributed by atoms with E-state index >= 15 is 0 Å². The third-order valence-corrected chi connectivity index (χ3v) is 5.16. The Hall–Kier alpha value is -3.78. The fourth-order valence-corrected chi connectivity index (χ4v) is 3.33. The van der Waals surface area contributed by atoms with E-state index in [4.69, 9.17) is 4.18 Å². The second-order valence-corrected chi connectivity index (χ2v) is 7.54. The largest absolute Gasteiger partial charge is 0.508 e. The van der Waals surface area contributed by atoms with Crippen LogP contribution in [0.1, 0.15) is 15.9 Å². The van der Waals surface area contributed by atoms with Crippen molar-refractivity contribution in [3.8, 4) is 23.0 Å². The molecule has 148 valence electrons. The van der Waals surface area contributed by atoms with E-state index in [2.05, 4.69) is 0 Å². The van der Waals surface area contributed by atoms with Gasteiger partial charge >= 0.3 is 10.1 Å². The smallest absolute Gasteiger partial charge is 0.339 e. The number of benzene rings is 3. The molecule has 0 radical (unpaired) electrons.